The third-order valence-electron chi connectivity index (χ3n) is 5.22. The Bertz CT molecular complexity index is 1080. The maximum Gasteiger partial charge on any atom is 0.269 e. The van der Waals surface area contributed by atoms with Gasteiger partial charge in [0.25, 0.3) is 5.69 Å². The minimum absolute atomic E-state index is 0.0948. The average Bonchev–Trinajstić information content (AvgIpc) is 2.79. The molecular formula is C21H24N8O3. The van der Waals surface area contributed by atoms with Crippen molar-refractivity contribution in [3.63, 3.8) is 0 Å². The Kier molecular flexibility index (Phi) is 6.26. The molecule has 0 atom stereocenters. The summed E-state index contributed by atoms with van der Waals surface area (Å²) in [5.41, 5.74) is 7.72. The number of nitrogen functional groups attached to an aromatic ring is 1. The second-order valence-corrected chi connectivity index (χ2v) is 7.30. The summed E-state index contributed by atoms with van der Waals surface area (Å²) in [6.07, 6.45) is 0. The molecule has 3 N–H and O–H groups in total. The van der Waals surface area contributed by atoms with E-state index in [2.05, 4.69) is 30.1 Å². The van der Waals surface area contributed by atoms with Crippen LogP contribution in [-0.4, -0.2) is 58.1 Å². The van der Waals surface area contributed by atoms with E-state index in [9.17, 15) is 10.1 Å². The molecule has 0 aliphatic carbocycles. The lowest BCUT2D eigenvalue weighted by atomic mass is 10.2. The van der Waals surface area contributed by atoms with Crippen LogP contribution in [0, 0.1) is 10.1 Å². The lowest BCUT2D eigenvalue weighted by Gasteiger charge is -2.35. The van der Waals surface area contributed by atoms with Crippen molar-refractivity contribution in [2.24, 2.45) is 0 Å². The number of para-hydroxylation sites is 2. The van der Waals surface area contributed by atoms with Crippen LogP contribution in [0.1, 0.15) is 5.82 Å². The second kappa shape index (κ2) is 9.43. The number of aromatic nitrogens is 3. The van der Waals surface area contributed by atoms with Crippen molar-refractivity contribution < 1.29 is 9.66 Å². The Morgan fingerprint density at radius 1 is 1.06 bits per heavy atom. The molecule has 1 fully saturated rings. The van der Waals surface area contributed by atoms with Crippen molar-refractivity contribution in [2.75, 3.05) is 49.2 Å². The molecule has 11 nitrogen and oxygen atoms in total. The van der Waals surface area contributed by atoms with E-state index in [-0.39, 0.29) is 16.6 Å². The van der Waals surface area contributed by atoms with Gasteiger partial charge >= 0.3 is 0 Å². The van der Waals surface area contributed by atoms with Gasteiger partial charge in [-0.2, -0.15) is 15.0 Å². The smallest absolute Gasteiger partial charge is 0.269 e. The molecule has 3 aromatic rings. The van der Waals surface area contributed by atoms with E-state index in [1.165, 1.54) is 12.1 Å². The lowest BCUT2D eigenvalue weighted by Crippen LogP contribution is -2.46. The number of piperazine rings is 1. The number of non-ortho nitro benzene ring substituents is 1. The predicted molar refractivity (Wildman–Crippen MR) is 121 cm³/mol. The van der Waals surface area contributed by atoms with Crippen molar-refractivity contribution in [3.8, 4) is 5.75 Å². The van der Waals surface area contributed by atoms with Crippen molar-refractivity contribution in [3.05, 3.63) is 64.5 Å². The first-order valence-electron chi connectivity index (χ1n) is 10.1. The molecule has 1 aliphatic rings. The highest BCUT2D eigenvalue weighted by atomic mass is 16.6. The number of nitrogens with zero attached hydrogens (tertiary/aromatic N) is 6. The molecule has 11 heteroatoms. The fourth-order valence-electron chi connectivity index (χ4n) is 3.58. The zero-order valence-corrected chi connectivity index (χ0v) is 17.6. The number of nitrogens with one attached hydrogen (secondary N) is 1. The lowest BCUT2D eigenvalue weighted by molar-refractivity contribution is -0.384. The summed E-state index contributed by atoms with van der Waals surface area (Å²) >= 11 is 0. The van der Waals surface area contributed by atoms with Crippen molar-refractivity contribution in [1.29, 1.82) is 0 Å². The van der Waals surface area contributed by atoms with Gasteiger partial charge in [-0.1, -0.05) is 12.1 Å². The third-order valence-corrected chi connectivity index (χ3v) is 5.22. The first-order chi connectivity index (χ1) is 15.5. The van der Waals surface area contributed by atoms with Crippen LogP contribution < -0.4 is 20.7 Å². The standard InChI is InChI=1S/C21H24N8O3/c1-32-18-5-3-2-4-17(18)23-21-25-19(24-20(22)26-21)14-27-10-12-28(13-11-27)15-6-8-16(9-7-15)29(30)31/h2-9H,10-14H2,1H3,(H3,22,23,24,25,26). The first-order valence-corrected chi connectivity index (χ1v) is 10.1. The molecule has 2 heterocycles. The molecular weight excluding hydrogens is 412 g/mol. The van der Waals surface area contributed by atoms with Crippen molar-refractivity contribution >= 4 is 29.0 Å². The molecule has 1 aliphatic heterocycles. The topological polar surface area (TPSA) is 136 Å². The molecule has 1 saturated heterocycles. The maximum atomic E-state index is 10.8. The average molecular weight is 436 g/mol. The van der Waals surface area contributed by atoms with E-state index in [1.54, 1.807) is 19.2 Å². The van der Waals surface area contributed by atoms with Crippen LogP contribution in [-0.2, 0) is 6.54 Å². The van der Waals surface area contributed by atoms with Gasteiger partial charge in [-0.25, -0.2) is 0 Å². The van der Waals surface area contributed by atoms with Gasteiger partial charge in [0.05, 0.1) is 24.3 Å². The van der Waals surface area contributed by atoms with Crippen molar-refractivity contribution in [2.45, 2.75) is 6.54 Å². The Hall–Kier alpha value is -3.99. The zero-order chi connectivity index (χ0) is 22.5. The number of nitro groups is 1. The molecule has 0 radical (unpaired) electrons. The Morgan fingerprint density at radius 2 is 1.78 bits per heavy atom. The predicted octanol–water partition coefficient (Wildman–Crippen LogP) is 2.44. The van der Waals surface area contributed by atoms with Gasteiger partial charge in [0.15, 0.2) is 0 Å². The summed E-state index contributed by atoms with van der Waals surface area (Å²) in [5.74, 6) is 1.77. The van der Waals surface area contributed by atoms with Crippen LogP contribution in [0.3, 0.4) is 0 Å². The monoisotopic (exact) mass is 436 g/mol. The number of hydrogen-bond acceptors (Lipinski definition) is 10. The van der Waals surface area contributed by atoms with E-state index in [0.717, 1.165) is 37.6 Å². The number of nitrogens with two attached hydrogens (primary N) is 1. The molecule has 1 aromatic heterocycles. The SMILES string of the molecule is COc1ccccc1Nc1nc(N)nc(CN2CCN(c3ccc([N+](=O)[O-])cc3)CC2)n1. The number of methoxy groups -OCH3 is 1. The number of ether oxygens (including phenoxy) is 1. The maximum absolute atomic E-state index is 10.8. The largest absolute Gasteiger partial charge is 0.495 e. The Labute approximate surface area is 185 Å². The van der Waals surface area contributed by atoms with Gasteiger partial charge in [-0.15, -0.1) is 0 Å². The van der Waals surface area contributed by atoms with E-state index >= 15 is 0 Å². The third kappa shape index (κ3) is 5.01. The van der Waals surface area contributed by atoms with Gasteiger partial charge < -0.3 is 20.7 Å². The Morgan fingerprint density at radius 3 is 2.47 bits per heavy atom. The van der Waals surface area contributed by atoms with Crippen LogP contribution in [0.4, 0.5) is 29.0 Å². The van der Waals surface area contributed by atoms with Crippen LogP contribution in [0.5, 0.6) is 5.75 Å². The summed E-state index contributed by atoms with van der Waals surface area (Å²) in [6, 6.07) is 14.1. The number of anilines is 4. The molecule has 32 heavy (non-hydrogen) atoms. The molecule has 2 aromatic carbocycles. The molecule has 0 bridgehead atoms. The molecule has 0 amide bonds. The quantitative estimate of drug-likeness (QED) is 0.420. The van der Waals surface area contributed by atoms with Gasteiger partial charge in [-0.05, 0) is 24.3 Å². The van der Waals surface area contributed by atoms with E-state index in [1.807, 2.05) is 24.3 Å². The first kappa shape index (κ1) is 21.2. The minimum atomic E-state index is -0.390. The number of hydrogen-bond donors (Lipinski definition) is 2. The van der Waals surface area contributed by atoms with Crippen LogP contribution in [0.15, 0.2) is 48.5 Å². The van der Waals surface area contributed by atoms with Crippen molar-refractivity contribution in [1.82, 2.24) is 19.9 Å². The number of rotatable bonds is 7. The Balaban J connectivity index is 1.38. The van der Waals surface area contributed by atoms with Gasteiger partial charge in [0.2, 0.25) is 11.9 Å². The summed E-state index contributed by atoms with van der Waals surface area (Å²) < 4.78 is 5.35. The highest BCUT2D eigenvalue weighted by molar-refractivity contribution is 5.62. The van der Waals surface area contributed by atoms with E-state index < -0.39 is 0 Å². The molecule has 0 unspecified atom stereocenters. The van der Waals surface area contributed by atoms with E-state index in [4.69, 9.17) is 10.5 Å². The highest BCUT2D eigenvalue weighted by Crippen LogP contribution is 2.26. The molecule has 166 valence electrons. The fraction of sp³-hybridized carbons (Fsp3) is 0.286. The zero-order valence-electron chi connectivity index (χ0n) is 17.6. The fourth-order valence-corrected chi connectivity index (χ4v) is 3.58. The molecule has 0 spiro atoms. The highest BCUT2D eigenvalue weighted by Gasteiger charge is 2.19. The van der Waals surface area contributed by atoms with Crippen LogP contribution in [0.25, 0.3) is 0 Å². The van der Waals surface area contributed by atoms with Gasteiger partial charge in [0, 0.05) is 44.0 Å². The second-order valence-electron chi connectivity index (χ2n) is 7.30. The normalized spacial score (nSPS) is 14.2. The van der Waals surface area contributed by atoms with Crippen LogP contribution in [0.2, 0.25) is 0 Å². The summed E-state index contributed by atoms with van der Waals surface area (Å²) in [4.78, 5) is 27.9. The molecule has 4 rings (SSSR count). The minimum Gasteiger partial charge on any atom is -0.495 e. The van der Waals surface area contributed by atoms with Gasteiger partial charge in [-0.3, -0.25) is 15.0 Å². The summed E-state index contributed by atoms with van der Waals surface area (Å²) in [5, 5.41) is 14.0. The summed E-state index contributed by atoms with van der Waals surface area (Å²) in [7, 11) is 1.60. The van der Waals surface area contributed by atoms with Crippen LogP contribution >= 0.6 is 0 Å². The summed E-state index contributed by atoms with van der Waals surface area (Å²) in [6.45, 7) is 3.74. The van der Waals surface area contributed by atoms with E-state index in [0.29, 0.717) is 24.1 Å². The van der Waals surface area contributed by atoms with Gasteiger partial charge in [0.1, 0.15) is 11.6 Å². The molecule has 0 saturated carbocycles. The number of nitro benzene ring substituents is 1. The number of benzene rings is 2.